The monoisotopic (exact) mass is 319 g/mol. The van der Waals surface area contributed by atoms with Crippen molar-refractivity contribution in [2.75, 3.05) is 0 Å². The summed E-state index contributed by atoms with van der Waals surface area (Å²) in [7, 11) is 0. The van der Waals surface area contributed by atoms with Crippen molar-refractivity contribution in [1.82, 2.24) is 6.15 Å². The summed E-state index contributed by atoms with van der Waals surface area (Å²) < 4.78 is 0. The van der Waals surface area contributed by atoms with Gasteiger partial charge in [0.25, 0.3) is 0 Å². The normalized spacial score (nSPS) is 8.19. The van der Waals surface area contributed by atoms with Gasteiger partial charge in [-0.2, -0.15) is 0 Å². The van der Waals surface area contributed by atoms with Crippen LogP contribution in [0.5, 0.6) is 5.75 Å². The molecule has 7 heteroatoms. The van der Waals surface area contributed by atoms with Crippen LogP contribution in [0.1, 0.15) is 20.7 Å². The van der Waals surface area contributed by atoms with Crippen LogP contribution in [-0.4, -0.2) is 65.0 Å². The first kappa shape index (κ1) is 21.7. The molecule has 0 amide bonds. The van der Waals surface area contributed by atoms with E-state index < -0.39 is 11.9 Å². The van der Waals surface area contributed by atoms with Crippen LogP contribution in [0.2, 0.25) is 0 Å². The van der Waals surface area contributed by atoms with E-state index in [2.05, 4.69) is 0 Å². The number of carboxylic acid groups (broad SMARTS) is 2. The van der Waals surface area contributed by atoms with Crippen molar-refractivity contribution < 1.29 is 24.9 Å². The fraction of sp³-hybridized carbons (Fsp3) is 0. The second-order valence-electron chi connectivity index (χ2n) is 3.49. The third-order valence-corrected chi connectivity index (χ3v) is 2.16. The fourth-order valence-electron chi connectivity index (χ4n) is 1.24. The van der Waals surface area contributed by atoms with Gasteiger partial charge in [-0.25, -0.2) is 9.59 Å². The second-order valence-corrected chi connectivity index (χ2v) is 3.49. The van der Waals surface area contributed by atoms with Crippen molar-refractivity contribution in [1.29, 1.82) is 0 Å². The van der Waals surface area contributed by atoms with Gasteiger partial charge in [0.05, 0.1) is 5.56 Å². The van der Waals surface area contributed by atoms with E-state index in [9.17, 15) is 9.59 Å². The van der Waals surface area contributed by atoms with E-state index in [1.54, 1.807) is 42.5 Å². The van der Waals surface area contributed by atoms with Crippen LogP contribution < -0.4 is 6.15 Å². The molecule has 21 heavy (non-hydrogen) atoms. The van der Waals surface area contributed by atoms with Crippen molar-refractivity contribution in [2.45, 2.75) is 0 Å². The topological polar surface area (TPSA) is 130 Å². The van der Waals surface area contributed by atoms with E-state index in [4.69, 9.17) is 15.3 Å². The van der Waals surface area contributed by atoms with Gasteiger partial charge in [-0.3, -0.25) is 0 Å². The van der Waals surface area contributed by atoms with Gasteiger partial charge in [0.2, 0.25) is 0 Å². The standard InChI is InChI=1S/C7H6O3.C7H6O2.Ca.H3N.2H/c8-6-4-2-1-3-5(6)7(9)10;8-7(9)6-4-2-1-3-5-6;;;;/h1-4,8H,(H,9,10);1-5H,(H,8,9);;1H3;;. The molecule has 0 aliphatic rings. The van der Waals surface area contributed by atoms with Gasteiger partial charge in [0.15, 0.2) is 0 Å². The fourth-order valence-corrected chi connectivity index (χ4v) is 1.24. The zero-order valence-corrected chi connectivity index (χ0v) is 10.6. The van der Waals surface area contributed by atoms with Gasteiger partial charge in [0.1, 0.15) is 11.3 Å². The van der Waals surface area contributed by atoms with Crippen molar-refractivity contribution in [3.8, 4) is 5.75 Å². The third kappa shape index (κ3) is 7.67. The number of benzene rings is 2. The summed E-state index contributed by atoms with van der Waals surface area (Å²) >= 11 is 0. The second kappa shape index (κ2) is 11.1. The van der Waals surface area contributed by atoms with E-state index in [1.807, 2.05) is 0 Å². The number of para-hydroxylation sites is 1. The van der Waals surface area contributed by atoms with E-state index in [0.29, 0.717) is 5.56 Å². The first-order valence-corrected chi connectivity index (χ1v) is 5.32. The number of phenols is 1. The maximum atomic E-state index is 10.3. The number of aromatic hydroxyl groups is 1. The molecule has 0 heterocycles. The molecule has 6 N–H and O–H groups in total. The molecule has 6 nitrogen and oxygen atoms in total. The summed E-state index contributed by atoms with van der Waals surface area (Å²) in [4.78, 5) is 20.5. The van der Waals surface area contributed by atoms with Crippen molar-refractivity contribution >= 4 is 49.7 Å². The van der Waals surface area contributed by atoms with E-state index >= 15 is 0 Å². The SMILES string of the molecule is N.O=C(O)c1ccccc1.O=C(O)c1ccccc1O.[CaH2]. The third-order valence-electron chi connectivity index (χ3n) is 2.16. The van der Waals surface area contributed by atoms with Gasteiger partial charge in [-0.05, 0) is 24.3 Å². The minimum atomic E-state index is -1.11. The average Bonchev–Trinajstić information content (AvgIpc) is 2.40. The summed E-state index contributed by atoms with van der Waals surface area (Å²) in [6.45, 7) is 0. The molecule has 0 aliphatic heterocycles. The molecular weight excluding hydrogens is 302 g/mol. The quantitative estimate of drug-likeness (QED) is 0.624. The molecule has 2 aromatic carbocycles. The number of carboxylic acids is 2. The van der Waals surface area contributed by atoms with Crippen LogP contribution in [0.25, 0.3) is 0 Å². The van der Waals surface area contributed by atoms with Gasteiger partial charge in [-0.1, -0.05) is 30.3 Å². The zero-order valence-electron chi connectivity index (χ0n) is 10.6. The molecule has 0 radical (unpaired) electrons. The van der Waals surface area contributed by atoms with Crippen molar-refractivity contribution in [2.24, 2.45) is 0 Å². The molecule has 0 bridgehead atoms. The number of hydrogen-bond donors (Lipinski definition) is 4. The van der Waals surface area contributed by atoms with Gasteiger partial charge in [0, 0.05) is 0 Å². The van der Waals surface area contributed by atoms with Gasteiger partial charge < -0.3 is 21.5 Å². The Morgan fingerprint density at radius 2 is 1.24 bits per heavy atom. The molecular formula is C14H17CaNO5. The van der Waals surface area contributed by atoms with Crippen LogP contribution >= 0.6 is 0 Å². The Balaban J connectivity index is 0. The number of aromatic carboxylic acids is 2. The molecule has 0 spiro atoms. The number of hydrogen-bond acceptors (Lipinski definition) is 4. The predicted octanol–water partition coefficient (Wildman–Crippen LogP) is 1.72. The summed E-state index contributed by atoms with van der Waals surface area (Å²) in [5.41, 5.74) is 0.264. The van der Waals surface area contributed by atoms with Gasteiger partial charge >= 0.3 is 49.7 Å². The Labute approximate surface area is 151 Å². The first-order chi connectivity index (χ1) is 9.02. The Bertz CT molecular complexity index is 575. The molecule has 0 aliphatic carbocycles. The van der Waals surface area contributed by atoms with E-state index in [-0.39, 0.29) is 55.2 Å². The Kier molecular flexibility index (Phi) is 11.5. The molecule has 0 saturated heterocycles. The summed E-state index contributed by atoms with van der Waals surface area (Å²) in [6.07, 6.45) is 0. The maximum absolute atomic E-state index is 10.3. The molecule has 0 unspecified atom stereocenters. The van der Waals surface area contributed by atoms with Crippen LogP contribution in [0.15, 0.2) is 54.6 Å². The Morgan fingerprint density at radius 1 is 0.762 bits per heavy atom. The van der Waals surface area contributed by atoms with E-state index in [0.717, 1.165) is 0 Å². The van der Waals surface area contributed by atoms with Crippen molar-refractivity contribution in [3.63, 3.8) is 0 Å². The van der Waals surface area contributed by atoms with Gasteiger partial charge in [-0.15, -0.1) is 0 Å². The average molecular weight is 319 g/mol. The van der Waals surface area contributed by atoms with Crippen LogP contribution in [0.3, 0.4) is 0 Å². The Hall–Kier alpha value is -1.60. The van der Waals surface area contributed by atoms with E-state index in [1.165, 1.54) is 12.1 Å². The zero-order chi connectivity index (χ0) is 14.3. The summed E-state index contributed by atoms with van der Waals surface area (Å²) in [6, 6.07) is 14.1. The molecule has 0 aromatic heterocycles. The number of rotatable bonds is 2. The molecule has 0 atom stereocenters. The van der Waals surface area contributed by atoms with Crippen molar-refractivity contribution in [3.05, 3.63) is 65.7 Å². The molecule has 110 valence electrons. The molecule has 0 saturated carbocycles. The van der Waals surface area contributed by atoms with Crippen LogP contribution in [-0.2, 0) is 0 Å². The predicted molar refractivity (Wildman–Crippen MR) is 82.0 cm³/mol. The van der Waals surface area contributed by atoms with Crippen LogP contribution in [0.4, 0.5) is 0 Å². The molecule has 2 aromatic rings. The molecule has 2 rings (SSSR count). The summed E-state index contributed by atoms with van der Waals surface area (Å²) in [5.74, 6) is -2.19. The number of carbonyl (C=O) groups is 2. The Morgan fingerprint density at radius 3 is 1.57 bits per heavy atom. The van der Waals surface area contributed by atoms with Crippen LogP contribution in [0, 0.1) is 0 Å². The minimum absolute atomic E-state index is 0. The summed E-state index contributed by atoms with van der Waals surface area (Å²) in [5, 5.41) is 25.7. The first-order valence-electron chi connectivity index (χ1n) is 5.32. The molecule has 0 fully saturated rings.